The van der Waals surface area contributed by atoms with Gasteiger partial charge in [-0.1, -0.05) is 33.1 Å². The van der Waals surface area contributed by atoms with Crippen molar-refractivity contribution in [2.45, 2.75) is 26.7 Å². The minimum Gasteiger partial charge on any atom is -0.338 e. The van der Waals surface area contributed by atoms with E-state index in [0.29, 0.717) is 5.92 Å². The molecule has 2 rings (SSSR count). The second kappa shape index (κ2) is 5.87. The smallest absolute Gasteiger partial charge is 0.253 e. The Labute approximate surface area is 117 Å². The van der Waals surface area contributed by atoms with Crippen molar-refractivity contribution in [3.05, 3.63) is 34.9 Å². The van der Waals surface area contributed by atoms with Crippen LogP contribution in [0.4, 0.5) is 0 Å². The third-order valence-electron chi connectivity index (χ3n) is 3.56. The largest absolute Gasteiger partial charge is 0.338 e. The molecule has 1 amide bonds. The van der Waals surface area contributed by atoms with E-state index in [1.165, 1.54) is 0 Å². The molecule has 1 unspecified atom stereocenters. The normalized spacial score (nSPS) is 19.3. The van der Waals surface area contributed by atoms with Gasteiger partial charge in [-0.15, -0.1) is 0 Å². The SMILES string of the molecule is Cc1cc(C)cc(C(=O)N2CCC(CCBr)C2)c1. The van der Waals surface area contributed by atoms with Gasteiger partial charge in [-0.05, 0) is 44.7 Å². The summed E-state index contributed by atoms with van der Waals surface area (Å²) in [6.07, 6.45) is 2.30. The summed E-state index contributed by atoms with van der Waals surface area (Å²) in [6, 6.07) is 6.09. The zero-order chi connectivity index (χ0) is 13.1. The standard InChI is InChI=1S/C15H20BrNO/c1-11-7-12(2)9-14(8-11)15(18)17-6-4-13(10-17)3-5-16/h7-9,13H,3-6,10H2,1-2H3. The summed E-state index contributed by atoms with van der Waals surface area (Å²) < 4.78 is 0. The number of carbonyl (C=O) groups excluding carboxylic acids is 1. The Morgan fingerprint density at radius 3 is 2.61 bits per heavy atom. The zero-order valence-corrected chi connectivity index (χ0v) is 12.7. The van der Waals surface area contributed by atoms with Crippen molar-refractivity contribution >= 4 is 21.8 Å². The van der Waals surface area contributed by atoms with Gasteiger partial charge in [-0.3, -0.25) is 4.79 Å². The quantitative estimate of drug-likeness (QED) is 0.782. The average molecular weight is 310 g/mol. The average Bonchev–Trinajstić information content (AvgIpc) is 2.76. The molecule has 0 spiro atoms. The molecule has 3 heteroatoms. The summed E-state index contributed by atoms with van der Waals surface area (Å²) in [5.74, 6) is 0.859. The van der Waals surface area contributed by atoms with Crippen molar-refractivity contribution in [1.29, 1.82) is 0 Å². The van der Waals surface area contributed by atoms with Crippen LogP contribution in [-0.2, 0) is 0 Å². The lowest BCUT2D eigenvalue weighted by Crippen LogP contribution is -2.28. The van der Waals surface area contributed by atoms with Gasteiger partial charge >= 0.3 is 0 Å². The predicted octanol–water partition coefficient (Wildman–Crippen LogP) is 3.55. The van der Waals surface area contributed by atoms with Crippen molar-refractivity contribution in [1.82, 2.24) is 4.90 Å². The van der Waals surface area contributed by atoms with Gasteiger partial charge in [-0.25, -0.2) is 0 Å². The van der Waals surface area contributed by atoms with Crippen LogP contribution in [0.5, 0.6) is 0 Å². The summed E-state index contributed by atoms with van der Waals surface area (Å²) in [4.78, 5) is 14.4. The number of benzene rings is 1. The van der Waals surface area contributed by atoms with Gasteiger partial charge in [0.25, 0.3) is 5.91 Å². The third-order valence-corrected chi connectivity index (χ3v) is 4.02. The van der Waals surface area contributed by atoms with Crippen LogP contribution < -0.4 is 0 Å². The Morgan fingerprint density at radius 1 is 1.33 bits per heavy atom. The van der Waals surface area contributed by atoms with Crippen LogP contribution in [0.1, 0.15) is 34.3 Å². The second-order valence-electron chi connectivity index (χ2n) is 5.26. The Balaban J connectivity index is 2.08. The molecule has 1 aliphatic heterocycles. The van der Waals surface area contributed by atoms with Gasteiger partial charge in [0.2, 0.25) is 0 Å². The van der Waals surface area contributed by atoms with E-state index in [1.807, 2.05) is 30.9 Å². The van der Waals surface area contributed by atoms with Crippen LogP contribution in [0, 0.1) is 19.8 Å². The number of aryl methyl sites for hydroxylation is 2. The maximum absolute atomic E-state index is 12.4. The number of rotatable bonds is 3. The van der Waals surface area contributed by atoms with Crippen molar-refractivity contribution in [3.63, 3.8) is 0 Å². The number of hydrogen-bond donors (Lipinski definition) is 0. The molecule has 0 N–H and O–H groups in total. The molecule has 0 saturated carbocycles. The monoisotopic (exact) mass is 309 g/mol. The Morgan fingerprint density at radius 2 is 2.00 bits per heavy atom. The van der Waals surface area contributed by atoms with Crippen LogP contribution in [0.3, 0.4) is 0 Å². The minimum absolute atomic E-state index is 0.193. The van der Waals surface area contributed by atoms with E-state index in [2.05, 4.69) is 22.0 Å². The predicted molar refractivity (Wildman–Crippen MR) is 78.3 cm³/mol. The Kier molecular flexibility index (Phi) is 4.44. The van der Waals surface area contributed by atoms with Crippen LogP contribution in [0.2, 0.25) is 0 Å². The molecule has 0 radical (unpaired) electrons. The fourth-order valence-electron chi connectivity index (χ4n) is 2.69. The highest BCUT2D eigenvalue weighted by Gasteiger charge is 2.26. The second-order valence-corrected chi connectivity index (χ2v) is 6.05. The number of amides is 1. The Bertz CT molecular complexity index is 424. The summed E-state index contributed by atoms with van der Waals surface area (Å²) in [5, 5.41) is 1.03. The number of alkyl halides is 1. The molecule has 2 nitrogen and oxygen atoms in total. The minimum atomic E-state index is 0.193. The summed E-state index contributed by atoms with van der Waals surface area (Å²) in [6.45, 7) is 5.91. The van der Waals surface area contributed by atoms with Gasteiger partial charge in [0.1, 0.15) is 0 Å². The first-order valence-electron chi connectivity index (χ1n) is 6.53. The first-order valence-corrected chi connectivity index (χ1v) is 7.66. The van der Waals surface area contributed by atoms with Gasteiger partial charge in [0.15, 0.2) is 0 Å². The van der Waals surface area contributed by atoms with Crippen LogP contribution in [0.15, 0.2) is 18.2 Å². The van der Waals surface area contributed by atoms with E-state index in [4.69, 9.17) is 0 Å². The zero-order valence-electron chi connectivity index (χ0n) is 11.1. The topological polar surface area (TPSA) is 20.3 Å². The van der Waals surface area contributed by atoms with E-state index in [-0.39, 0.29) is 5.91 Å². The molecule has 1 fully saturated rings. The molecule has 1 heterocycles. The number of nitrogens with zero attached hydrogens (tertiary/aromatic N) is 1. The van der Waals surface area contributed by atoms with Gasteiger partial charge in [-0.2, -0.15) is 0 Å². The fourth-order valence-corrected chi connectivity index (χ4v) is 3.34. The number of likely N-dealkylation sites (tertiary alicyclic amines) is 1. The molecular formula is C15H20BrNO. The van der Waals surface area contributed by atoms with Crippen LogP contribution in [-0.4, -0.2) is 29.2 Å². The third kappa shape index (κ3) is 3.14. The molecule has 98 valence electrons. The van der Waals surface area contributed by atoms with E-state index in [1.54, 1.807) is 0 Å². The lowest BCUT2D eigenvalue weighted by Gasteiger charge is -2.17. The van der Waals surface area contributed by atoms with Gasteiger partial charge < -0.3 is 4.90 Å². The van der Waals surface area contributed by atoms with E-state index in [0.717, 1.165) is 48.0 Å². The van der Waals surface area contributed by atoms with Gasteiger partial charge in [0.05, 0.1) is 0 Å². The van der Waals surface area contributed by atoms with Crippen LogP contribution in [0.25, 0.3) is 0 Å². The van der Waals surface area contributed by atoms with Crippen molar-refractivity contribution in [2.24, 2.45) is 5.92 Å². The molecule has 0 aliphatic carbocycles. The molecule has 18 heavy (non-hydrogen) atoms. The first-order chi connectivity index (χ1) is 8.60. The number of carbonyl (C=O) groups is 1. The highest BCUT2D eigenvalue weighted by atomic mass is 79.9. The first kappa shape index (κ1) is 13.6. The fraction of sp³-hybridized carbons (Fsp3) is 0.533. The highest BCUT2D eigenvalue weighted by Crippen LogP contribution is 2.22. The molecular weight excluding hydrogens is 290 g/mol. The van der Waals surface area contributed by atoms with Crippen molar-refractivity contribution in [3.8, 4) is 0 Å². The number of hydrogen-bond acceptors (Lipinski definition) is 1. The maximum Gasteiger partial charge on any atom is 0.253 e. The van der Waals surface area contributed by atoms with Crippen molar-refractivity contribution in [2.75, 3.05) is 18.4 Å². The summed E-state index contributed by atoms with van der Waals surface area (Å²) >= 11 is 3.48. The lowest BCUT2D eigenvalue weighted by molar-refractivity contribution is 0.0787. The molecule has 1 saturated heterocycles. The molecule has 1 aromatic carbocycles. The maximum atomic E-state index is 12.4. The van der Waals surface area contributed by atoms with E-state index < -0.39 is 0 Å². The van der Waals surface area contributed by atoms with E-state index in [9.17, 15) is 4.79 Å². The molecule has 0 aromatic heterocycles. The van der Waals surface area contributed by atoms with E-state index >= 15 is 0 Å². The summed E-state index contributed by atoms with van der Waals surface area (Å²) in [7, 11) is 0. The molecule has 1 atom stereocenters. The van der Waals surface area contributed by atoms with Crippen LogP contribution >= 0.6 is 15.9 Å². The Hall–Kier alpha value is -0.830. The highest BCUT2D eigenvalue weighted by molar-refractivity contribution is 9.09. The number of halogens is 1. The molecule has 0 bridgehead atoms. The van der Waals surface area contributed by atoms with Gasteiger partial charge in [0, 0.05) is 24.0 Å². The molecule has 1 aromatic rings. The lowest BCUT2D eigenvalue weighted by atomic mass is 10.1. The molecule has 1 aliphatic rings. The summed E-state index contributed by atoms with van der Waals surface area (Å²) in [5.41, 5.74) is 3.16. The van der Waals surface area contributed by atoms with Crippen molar-refractivity contribution < 1.29 is 4.79 Å².